The van der Waals surface area contributed by atoms with Gasteiger partial charge in [0.15, 0.2) is 0 Å². The summed E-state index contributed by atoms with van der Waals surface area (Å²) in [5, 5.41) is 6.91. The van der Waals surface area contributed by atoms with Gasteiger partial charge >= 0.3 is 6.02 Å². The first-order valence-corrected chi connectivity index (χ1v) is 10.1. The van der Waals surface area contributed by atoms with Gasteiger partial charge in [-0.1, -0.05) is 12.2 Å². The van der Waals surface area contributed by atoms with Gasteiger partial charge in [-0.2, -0.15) is 9.98 Å². The predicted octanol–water partition coefficient (Wildman–Crippen LogP) is 2.06. The van der Waals surface area contributed by atoms with E-state index < -0.39 is 0 Å². The van der Waals surface area contributed by atoms with Crippen molar-refractivity contribution in [3.8, 4) is 0 Å². The second kappa shape index (κ2) is 8.35. The van der Waals surface area contributed by atoms with Gasteiger partial charge in [0.2, 0.25) is 0 Å². The Labute approximate surface area is 156 Å². The van der Waals surface area contributed by atoms with Gasteiger partial charge < -0.3 is 20.3 Å². The highest BCUT2D eigenvalue weighted by Gasteiger charge is 2.24. The number of rotatable bonds is 2. The lowest BCUT2D eigenvalue weighted by molar-refractivity contribution is 0.238. The van der Waals surface area contributed by atoms with Gasteiger partial charge in [0, 0.05) is 39.1 Å². The maximum Gasteiger partial charge on any atom is 0.318 e. The molecule has 1 unspecified atom stereocenters. The van der Waals surface area contributed by atoms with E-state index >= 15 is 0 Å². The minimum absolute atomic E-state index is 0.560. The fourth-order valence-electron chi connectivity index (χ4n) is 4.22. The smallest absolute Gasteiger partial charge is 0.318 e. The van der Waals surface area contributed by atoms with E-state index in [4.69, 9.17) is 14.7 Å². The normalized spacial score (nSPS) is 27.5. The van der Waals surface area contributed by atoms with Gasteiger partial charge in [0.25, 0.3) is 0 Å². The predicted molar refractivity (Wildman–Crippen MR) is 105 cm³/mol. The Morgan fingerprint density at radius 1 is 1.12 bits per heavy atom. The molecule has 3 aliphatic heterocycles. The number of aliphatic imine (C=N–C) groups is 2. The van der Waals surface area contributed by atoms with Crippen LogP contribution in [-0.2, 0) is 4.74 Å². The molecule has 1 saturated carbocycles. The zero-order valence-electron chi connectivity index (χ0n) is 15.7. The molecule has 4 aliphatic rings. The molecule has 0 aromatic heterocycles. The summed E-state index contributed by atoms with van der Waals surface area (Å²) >= 11 is 0. The van der Waals surface area contributed by atoms with Crippen LogP contribution >= 0.6 is 0 Å². The number of piperazine rings is 1. The Morgan fingerprint density at radius 3 is 2.81 bits per heavy atom. The van der Waals surface area contributed by atoms with Crippen LogP contribution in [0.4, 0.5) is 0 Å². The van der Waals surface area contributed by atoms with E-state index in [0.717, 1.165) is 76.5 Å². The molecule has 4 rings (SSSR count). The van der Waals surface area contributed by atoms with E-state index in [2.05, 4.69) is 22.1 Å². The molecule has 0 aromatic rings. The number of hydrogen-bond donors (Lipinski definition) is 2. The summed E-state index contributed by atoms with van der Waals surface area (Å²) in [4.78, 5) is 12.1. The number of nitrogens with zero attached hydrogens (tertiary/aromatic N) is 3. The van der Waals surface area contributed by atoms with E-state index in [1.165, 1.54) is 24.0 Å². The highest BCUT2D eigenvalue weighted by molar-refractivity contribution is 5.96. The van der Waals surface area contributed by atoms with Gasteiger partial charge in [-0.25, -0.2) is 0 Å². The van der Waals surface area contributed by atoms with Gasteiger partial charge in [-0.15, -0.1) is 0 Å². The molecule has 6 nitrogen and oxygen atoms in total. The van der Waals surface area contributed by atoms with Crippen LogP contribution in [0.15, 0.2) is 33.4 Å². The minimum atomic E-state index is 0.560. The van der Waals surface area contributed by atoms with Crippen molar-refractivity contribution >= 4 is 11.9 Å². The zero-order chi connectivity index (χ0) is 17.8. The first kappa shape index (κ1) is 17.7. The zero-order valence-corrected chi connectivity index (χ0v) is 15.7. The summed E-state index contributed by atoms with van der Waals surface area (Å²) in [6, 6.07) is 0.560. The SMILES string of the molecule is C=C1CCC(COC2=NC3=C(CCCNC3)CC(N3CCNCC3)=N2)C1. The van der Waals surface area contributed by atoms with Crippen molar-refractivity contribution in [3.63, 3.8) is 0 Å². The fourth-order valence-corrected chi connectivity index (χ4v) is 4.22. The highest BCUT2D eigenvalue weighted by atomic mass is 16.5. The third kappa shape index (κ3) is 4.35. The molecule has 0 amide bonds. The Kier molecular flexibility index (Phi) is 5.70. The number of nitrogens with one attached hydrogen (secondary N) is 2. The van der Waals surface area contributed by atoms with Gasteiger partial charge in [0.1, 0.15) is 5.84 Å². The quantitative estimate of drug-likeness (QED) is 0.743. The summed E-state index contributed by atoms with van der Waals surface area (Å²) in [6.45, 7) is 10.7. The average Bonchev–Trinajstić information content (AvgIpc) is 2.86. The van der Waals surface area contributed by atoms with E-state index in [9.17, 15) is 0 Å². The third-order valence-corrected chi connectivity index (χ3v) is 5.77. The molecule has 3 heterocycles. The molecule has 1 atom stereocenters. The summed E-state index contributed by atoms with van der Waals surface area (Å²) < 4.78 is 6.12. The summed E-state index contributed by atoms with van der Waals surface area (Å²) in [6.07, 6.45) is 6.58. The first-order chi connectivity index (χ1) is 12.8. The van der Waals surface area contributed by atoms with Crippen molar-refractivity contribution in [2.75, 3.05) is 45.9 Å². The Hall–Kier alpha value is -1.66. The van der Waals surface area contributed by atoms with Crippen molar-refractivity contribution in [2.24, 2.45) is 15.9 Å². The number of allylic oxidation sites excluding steroid dienone is 1. The Bertz CT molecular complexity index is 630. The van der Waals surface area contributed by atoms with E-state index in [-0.39, 0.29) is 0 Å². The maximum atomic E-state index is 6.12. The van der Waals surface area contributed by atoms with Crippen LogP contribution in [0.1, 0.15) is 38.5 Å². The Morgan fingerprint density at radius 2 is 2.00 bits per heavy atom. The van der Waals surface area contributed by atoms with Crippen LogP contribution in [-0.4, -0.2) is 62.6 Å². The summed E-state index contributed by atoms with van der Waals surface area (Å²) in [7, 11) is 0. The van der Waals surface area contributed by atoms with Gasteiger partial charge in [0.05, 0.1) is 12.3 Å². The standard InChI is InChI=1S/C20H31N5O/c1-15-4-5-16(11-15)14-26-20-23-18-13-22-6-2-3-17(18)12-19(24-20)25-9-7-21-8-10-25/h16,21-22H,1-14H2. The molecule has 2 fully saturated rings. The maximum absolute atomic E-state index is 6.12. The second-order valence-electron chi connectivity index (χ2n) is 7.84. The molecule has 0 radical (unpaired) electrons. The van der Waals surface area contributed by atoms with Crippen molar-refractivity contribution in [2.45, 2.75) is 38.5 Å². The van der Waals surface area contributed by atoms with E-state index in [1.54, 1.807) is 0 Å². The molecule has 6 heteroatoms. The molecule has 0 spiro atoms. The largest absolute Gasteiger partial charge is 0.463 e. The van der Waals surface area contributed by atoms with Crippen molar-refractivity contribution in [1.29, 1.82) is 0 Å². The highest BCUT2D eigenvalue weighted by Crippen LogP contribution is 2.29. The van der Waals surface area contributed by atoms with Crippen LogP contribution in [0, 0.1) is 5.92 Å². The average molecular weight is 358 g/mol. The van der Waals surface area contributed by atoms with E-state index in [0.29, 0.717) is 18.5 Å². The van der Waals surface area contributed by atoms with Crippen LogP contribution < -0.4 is 10.6 Å². The van der Waals surface area contributed by atoms with Crippen LogP contribution in [0.3, 0.4) is 0 Å². The molecule has 1 saturated heterocycles. The van der Waals surface area contributed by atoms with Gasteiger partial charge in [-0.05, 0) is 50.1 Å². The topological polar surface area (TPSA) is 61.2 Å². The molecule has 0 bridgehead atoms. The number of amidine groups is 2. The lowest BCUT2D eigenvalue weighted by atomic mass is 10.0. The molecule has 2 N–H and O–H groups in total. The first-order valence-electron chi connectivity index (χ1n) is 10.1. The lowest BCUT2D eigenvalue weighted by Gasteiger charge is -2.30. The van der Waals surface area contributed by atoms with Crippen molar-refractivity contribution in [1.82, 2.24) is 15.5 Å². The lowest BCUT2D eigenvalue weighted by Crippen LogP contribution is -2.46. The summed E-state index contributed by atoms with van der Waals surface area (Å²) in [5.74, 6) is 1.69. The second-order valence-corrected chi connectivity index (χ2v) is 7.84. The molecule has 142 valence electrons. The molecule has 1 aliphatic carbocycles. The third-order valence-electron chi connectivity index (χ3n) is 5.77. The number of ether oxygens (including phenoxy) is 1. The van der Waals surface area contributed by atoms with Crippen molar-refractivity contribution < 1.29 is 4.74 Å². The molecular formula is C20H31N5O. The molecule has 0 aromatic carbocycles. The van der Waals surface area contributed by atoms with Crippen molar-refractivity contribution in [3.05, 3.63) is 23.4 Å². The van der Waals surface area contributed by atoms with Gasteiger partial charge in [-0.3, -0.25) is 0 Å². The van der Waals surface area contributed by atoms with Crippen LogP contribution in [0.25, 0.3) is 0 Å². The van der Waals surface area contributed by atoms with Crippen LogP contribution in [0.2, 0.25) is 0 Å². The minimum Gasteiger partial charge on any atom is -0.463 e. The molecular weight excluding hydrogens is 326 g/mol. The fraction of sp³-hybridized carbons (Fsp3) is 0.700. The summed E-state index contributed by atoms with van der Waals surface area (Å²) in [5.41, 5.74) is 3.92. The number of hydrogen-bond acceptors (Lipinski definition) is 6. The van der Waals surface area contributed by atoms with Crippen LogP contribution in [0.5, 0.6) is 0 Å². The molecule has 26 heavy (non-hydrogen) atoms. The van der Waals surface area contributed by atoms with E-state index in [1.807, 2.05) is 0 Å². The Balaban J connectivity index is 1.52. The monoisotopic (exact) mass is 357 g/mol.